The molecule has 1 atom stereocenters. The molecule has 1 fully saturated rings. The first-order chi connectivity index (χ1) is 13.6. The van der Waals surface area contributed by atoms with Gasteiger partial charge in [-0.15, -0.1) is 5.10 Å². The highest BCUT2D eigenvalue weighted by molar-refractivity contribution is 6.03. The maximum atomic E-state index is 12.3. The molecule has 3 aromatic rings. The summed E-state index contributed by atoms with van der Waals surface area (Å²) < 4.78 is 10.7. The van der Waals surface area contributed by atoms with Gasteiger partial charge in [0.05, 0.1) is 13.0 Å². The highest BCUT2D eigenvalue weighted by atomic mass is 16.5. The molecule has 0 spiro atoms. The molecule has 0 saturated carbocycles. The van der Waals surface area contributed by atoms with Crippen LogP contribution in [0.15, 0.2) is 59.0 Å². The summed E-state index contributed by atoms with van der Waals surface area (Å²) in [6.45, 7) is 0.453. The fourth-order valence-electron chi connectivity index (χ4n) is 3.11. The van der Waals surface area contributed by atoms with Gasteiger partial charge in [0.2, 0.25) is 11.8 Å². The first-order valence-corrected chi connectivity index (χ1v) is 8.78. The number of carbonyl (C=O) groups is 2. The number of rotatable bonds is 5. The lowest BCUT2D eigenvalue weighted by Crippen LogP contribution is -2.24. The number of anilines is 2. The van der Waals surface area contributed by atoms with Gasteiger partial charge in [0.15, 0.2) is 0 Å². The number of benzene rings is 2. The Morgan fingerprint density at radius 2 is 2.00 bits per heavy atom. The summed E-state index contributed by atoms with van der Waals surface area (Å²) in [5, 5.41) is 10.5. The van der Waals surface area contributed by atoms with E-state index >= 15 is 0 Å². The van der Waals surface area contributed by atoms with E-state index in [2.05, 4.69) is 15.5 Å². The molecule has 2 amide bonds. The molecule has 142 valence electrons. The summed E-state index contributed by atoms with van der Waals surface area (Å²) in [6, 6.07) is 16.2. The van der Waals surface area contributed by atoms with Gasteiger partial charge >= 0.3 is 6.01 Å². The van der Waals surface area contributed by atoms with Gasteiger partial charge in [-0.3, -0.25) is 14.9 Å². The summed E-state index contributed by atoms with van der Waals surface area (Å²) >= 11 is 0. The second-order valence-electron chi connectivity index (χ2n) is 6.37. The number of amides is 2. The lowest BCUT2D eigenvalue weighted by Gasteiger charge is -2.15. The van der Waals surface area contributed by atoms with E-state index in [1.807, 2.05) is 30.3 Å². The van der Waals surface area contributed by atoms with Gasteiger partial charge in [-0.25, -0.2) is 0 Å². The molecule has 8 nitrogen and oxygen atoms in total. The van der Waals surface area contributed by atoms with Crippen molar-refractivity contribution < 1.29 is 18.7 Å². The molecular formula is C20H18N4O4. The third kappa shape index (κ3) is 3.57. The summed E-state index contributed by atoms with van der Waals surface area (Å²) in [7, 11) is 1.53. The van der Waals surface area contributed by atoms with E-state index < -0.39 is 0 Å². The van der Waals surface area contributed by atoms with E-state index in [1.54, 1.807) is 29.2 Å². The van der Waals surface area contributed by atoms with Crippen LogP contribution in [0.5, 0.6) is 5.75 Å². The van der Waals surface area contributed by atoms with Crippen LogP contribution in [0.3, 0.4) is 0 Å². The standard InChI is InChI=1S/C20H18N4O4/c1-27-16-9-5-6-13(10-16)18(26)21-20-23-22-19(28-20)14-11-17(25)24(12-14)15-7-3-2-4-8-15/h2-10,14H,11-12H2,1H3,(H,21,23,26)/t14-/m0/s1. The molecule has 4 rings (SSSR count). The molecular weight excluding hydrogens is 360 g/mol. The van der Waals surface area contributed by atoms with Crippen LogP contribution in [0.4, 0.5) is 11.7 Å². The van der Waals surface area contributed by atoms with Crippen molar-refractivity contribution in [3.63, 3.8) is 0 Å². The zero-order valence-electron chi connectivity index (χ0n) is 15.2. The van der Waals surface area contributed by atoms with E-state index in [1.165, 1.54) is 7.11 Å². The number of carbonyl (C=O) groups excluding carboxylic acids is 2. The third-order valence-corrected chi connectivity index (χ3v) is 4.54. The SMILES string of the molecule is COc1cccc(C(=O)Nc2nnc([C@H]3CC(=O)N(c4ccccc4)C3)o2)c1. The van der Waals surface area contributed by atoms with Crippen LogP contribution >= 0.6 is 0 Å². The van der Waals surface area contributed by atoms with Crippen LogP contribution in [0.1, 0.15) is 28.6 Å². The minimum absolute atomic E-state index is 0.00336. The summed E-state index contributed by atoms with van der Waals surface area (Å²) in [5.41, 5.74) is 1.24. The quantitative estimate of drug-likeness (QED) is 0.733. The average Bonchev–Trinajstić information content (AvgIpc) is 3.35. The van der Waals surface area contributed by atoms with Crippen molar-refractivity contribution in [1.29, 1.82) is 0 Å². The maximum absolute atomic E-state index is 12.3. The topological polar surface area (TPSA) is 97.6 Å². The van der Waals surface area contributed by atoms with Crippen molar-refractivity contribution in [3.8, 4) is 5.75 Å². The Balaban J connectivity index is 1.44. The van der Waals surface area contributed by atoms with Gasteiger partial charge in [-0.05, 0) is 30.3 Å². The van der Waals surface area contributed by atoms with E-state index in [-0.39, 0.29) is 30.2 Å². The first-order valence-electron chi connectivity index (χ1n) is 8.78. The van der Waals surface area contributed by atoms with Gasteiger partial charge < -0.3 is 14.1 Å². The summed E-state index contributed by atoms with van der Waals surface area (Å²) in [6.07, 6.45) is 0.278. The van der Waals surface area contributed by atoms with Crippen LogP contribution in [-0.2, 0) is 4.79 Å². The largest absolute Gasteiger partial charge is 0.497 e. The highest BCUT2D eigenvalue weighted by Crippen LogP contribution is 2.31. The average molecular weight is 378 g/mol. The Labute approximate surface area is 161 Å². The Hall–Kier alpha value is -3.68. The van der Waals surface area contributed by atoms with Gasteiger partial charge in [0.25, 0.3) is 5.91 Å². The van der Waals surface area contributed by atoms with Crippen LogP contribution in [0.25, 0.3) is 0 Å². The number of para-hydroxylation sites is 1. The number of nitrogens with one attached hydrogen (secondary N) is 1. The summed E-state index contributed by atoms with van der Waals surface area (Å²) in [4.78, 5) is 26.4. The van der Waals surface area contributed by atoms with E-state index in [0.717, 1.165) is 5.69 Å². The molecule has 0 unspecified atom stereocenters. The second kappa shape index (κ2) is 7.51. The Bertz CT molecular complexity index is 1000. The fourth-order valence-corrected chi connectivity index (χ4v) is 3.11. The molecule has 1 N–H and O–H groups in total. The molecule has 28 heavy (non-hydrogen) atoms. The summed E-state index contributed by atoms with van der Waals surface area (Å²) in [5.74, 6) is 0.290. The molecule has 1 saturated heterocycles. The fraction of sp³-hybridized carbons (Fsp3) is 0.200. The highest BCUT2D eigenvalue weighted by Gasteiger charge is 2.35. The Morgan fingerprint density at radius 1 is 1.18 bits per heavy atom. The number of methoxy groups -OCH3 is 1. The minimum Gasteiger partial charge on any atom is -0.497 e. The zero-order chi connectivity index (χ0) is 19.5. The molecule has 2 aromatic carbocycles. The minimum atomic E-state index is -0.387. The molecule has 1 aliphatic heterocycles. The monoisotopic (exact) mass is 378 g/mol. The van der Waals surface area contributed by atoms with Gasteiger partial charge in [0, 0.05) is 24.2 Å². The van der Waals surface area contributed by atoms with Crippen LogP contribution < -0.4 is 15.0 Å². The normalized spacial score (nSPS) is 16.2. The molecule has 1 aromatic heterocycles. The van der Waals surface area contributed by atoms with Crippen LogP contribution in [0, 0.1) is 0 Å². The van der Waals surface area contributed by atoms with Crippen LogP contribution in [0.2, 0.25) is 0 Å². The molecule has 0 bridgehead atoms. The van der Waals surface area contributed by atoms with Crippen molar-refractivity contribution in [3.05, 3.63) is 66.1 Å². The molecule has 0 radical (unpaired) electrons. The van der Waals surface area contributed by atoms with Crippen molar-refractivity contribution in [2.24, 2.45) is 0 Å². The van der Waals surface area contributed by atoms with Crippen molar-refractivity contribution >= 4 is 23.5 Å². The van der Waals surface area contributed by atoms with Crippen LogP contribution in [-0.4, -0.2) is 35.7 Å². The predicted molar refractivity (Wildman–Crippen MR) is 101 cm³/mol. The third-order valence-electron chi connectivity index (χ3n) is 4.54. The van der Waals surface area contributed by atoms with Crippen molar-refractivity contribution in [2.75, 3.05) is 23.9 Å². The second-order valence-corrected chi connectivity index (χ2v) is 6.37. The van der Waals surface area contributed by atoms with Gasteiger partial charge in [-0.2, -0.15) is 0 Å². The molecule has 1 aliphatic rings. The lowest BCUT2D eigenvalue weighted by atomic mass is 10.1. The first kappa shape index (κ1) is 17.7. The van der Waals surface area contributed by atoms with Crippen molar-refractivity contribution in [2.45, 2.75) is 12.3 Å². The lowest BCUT2D eigenvalue weighted by molar-refractivity contribution is -0.117. The van der Waals surface area contributed by atoms with E-state index in [0.29, 0.717) is 23.7 Å². The maximum Gasteiger partial charge on any atom is 0.322 e. The van der Waals surface area contributed by atoms with E-state index in [9.17, 15) is 9.59 Å². The number of nitrogens with zero attached hydrogens (tertiary/aromatic N) is 3. The number of hydrogen-bond donors (Lipinski definition) is 1. The predicted octanol–water partition coefficient (Wildman–Crippen LogP) is 2.85. The number of aromatic nitrogens is 2. The van der Waals surface area contributed by atoms with Gasteiger partial charge in [0.1, 0.15) is 5.75 Å². The number of ether oxygens (including phenoxy) is 1. The zero-order valence-corrected chi connectivity index (χ0v) is 15.2. The Morgan fingerprint density at radius 3 is 2.79 bits per heavy atom. The molecule has 2 heterocycles. The Kier molecular flexibility index (Phi) is 4.76. The van der Waals surface area contributed by atoms with Gasteiger partial charge in [-0.1, -0.05) is 29.4 Å². The van der Waals surface area contributed by atoms with Crippen molar-refractivity contribution in [1.82, 2.24) is 10.2 Å². The number of hydrogen-bond acceptors (Lipinski definition) is 6. The van der Waals surface area contributed by atoms with E-state index in [4.69, 9.17) is 9.15 Å². The molecule has 0 aliphatic carbocycles. The smallest absolute Gasteiger partial charge is 0.322 e. The molecule has 8 heteroatoms.